The minimum atomic E-state index is -1.15. The number of hydrogen-bond donors (Lipinski definition) is 3. The summed E-state index contributed by atoms with van der Waals surface area (Å²) in [6.07, 6.45) is 5.55. The lowest BCUT2D eigenvalue weighted by Crippen LogP contribution is -2.40. The average molecular weight is 250 g/mol. The van der Waals surface area contributed by atoms with E-state index in [2.05, 4.69) is 16.6 Å². The van der Waals surface area contributed by atoms with E-state index in [9.17, 15) is 9.59 Å². The molecule has 1 rings (SSSR count). The Hall–Kier alpha value is -2.42. The number of urea groups is 1. The summed E-state index contributed by atoms with van der Waals surface area (Å²) in [5.74, 6) is 1.50. The second kappa shape index (κ2) is 6.35. The van der Waals surface area contributed by atoms with E-state index in [-0.39, 0.29) is 24.4 Å². The van der Waals surface area contributed by atoms with Gasteiger partial charge in [-0.15, -0.1) is 12.3 Å². The molecule has 6 nitrogen and oxygen atoms in total. The third-order valence-electron chi connectivity index (χ3n) is 2.10. The van der Waals surface area contributed by atoms with E-state index < -0.39 is 5.97 Å². The first kappa shape index (κ1) is 13.6. The second-order valence-electron chi connectivity index (χ2n) is 3.71. The van der Waals surface area contributed by atoms with Gasteiger partial charge in [0.15, 0.2) is 0 Å². The van der Waals surface area contributed by atoms with Crippen molar-refractivity contribution in [2.45, 2.75) is 25.9 Å². The number of nitrogens with one attached hydrogen (secondary N) is 2. The van der Waals surface area contributed by atoms with Gasteiger partial charge >= 0.3 is 12.0 Å². The van der Waals surface area contributed by atoms with Crippen molar-refractivity contribution in [1.82, 2.24) is 10.6 Å². The molecule has 96 valence electrons. The normalized spacial score (nSPS) is 11.3. The highest BCUT2D eigenvalue weighted by atomic mass is 16.4. The molecule has 0 saturated carbocycles. The molecular weight excluding hydrogens is 236 g/mol. The highest BCUT2D eigenvalue weighted by molar-refractivity contribution is 5.84. The fraction of sp³-hybridized carbons (Fsp3) is 0.333. The molecule has 3 N–H and O–H groups in total. The molecule has 0 aromatic carbocycles. The van der Waals surface area contributed by atoms with Crippen LogP contribution in [0.3, 0.4) is 0 Å². The summed E-state index contributed by atoms with van der Waals surface area (Å²) >= 11 is 0. The van der Waals surface area contributed by atoms with Gasteiger partial charge in [-0.2, -0.15) is 0 Å². The summed E-state index contributed by atoms with van der Waals surface area (Å²) in [7, 11) is 0. The molecule has 0 aliphatic rings. The topological polar surface area (TPSA) is 91.6 Å². The van der Waals surface area contributed by atoms with Gasteiger partial charge in [0.2, 0.25) is 5.76 Å². The van der Waals surface area contributed by atoms with Crippen LogP contribution in [0.2, 0.25) is 0 Å². The largest absolute Gasteiger partial charge is 0.475 e. The third-order valence-corrected chi connectivity index (χ3v) is 2.10. The SMILES string of the molecule is C#CCC(C)NC(=O)NCc1ccc(C(=O)O)o1. The lowest BCUT2D eigenvalue weighted by atomic mass is 10.2. The van der Waals surface area contributed by atoms with E-state index in [4.69, 9.17) is 15.9 Å². The van der Waals surface area contributed by atoms with Crippen LogP contribution in [0.1, 0.15) is 29.7 Å². The molecule has 2 amide bonds. The molecule has 1 aromatic rings. The molecule has 0 spiro atoms. The van der Waals surface area contributed by atoms with Gasteiger partial charge in [-0.3, -0.25) is 0 Å². The lowest BCUT2D eigenvalue weighted by Gasteiger charge is -2.11. The van der Waals surface area contributed by atoms with Crippen LogP contribution >= 0.6 is 0 Å². The summed E-state index contributed by atoms with van der Waals surface area (Å²) in [4.78, 5) is 22.0. The number of aromatic carboxylic acids is 1. The van der Waals surface area contributed by atoms with Crippen molar-refractivity contribution in [3.8, 4) is 12.3 Å². The Morgan fingerprint density at radius 3 is 2.83 bits per heavy atom. The average Bonchev–Trinajstić information content (AvgIpc) is 2.75. The van der Waals surface area contributed by atoms with E-state index in [1.54, 1.807) is 6.92 Å². The number of hydrogen-bond acceptors (Lipinski definition) is 3. The number of carbonyl (C=O) groups excluding carboxylic acids is 1. The van der Waals surface area contributed by atoms with Crippen LogP contribution in [0.4, 0.5) is 4.79 Å². The summed E-state index contributed by atoms with van der Waals surface area (Å²) < 4.78 is 4.97. The van der Waals surface area contributed by atoms with E-state index >= 15 is 0 Å². The predicted molar refractivity (Wildman–Crippen MR) is 64.0 cm³/mol. The van der Waals surface area contributed by atoms with Gasteiger partial charge in [0, 0.05) is 12.5 Å². The van der Waals surface area contributed by atoms with Gasteiger partial charge < -0.3 is 20.2 Å². The van der Waals surface area contributed by atoms with E-state index in [1.807, 2.05) is 0 Å². The van der Waals surface area contributed by atoms with Crippen LogP contribution in [0.25, 0.3) is 0 Å². The molecule has 0 saturated heterocycles. The highest BCUT2D eigenvalue weighted by Gasteiger charge is 2.10. The van der Waals surface area contributed by atoms with Crippen molar-refractivity contribution >= 4 is 12.0 Å². The maximum absolute atomic E-state index is 11.4. The molecule has 0 aliphatic heterocycles. The van der Waals surface area contributed by atoms with Crippen LogP contribution in [0, 0.1) is 12.3 Å². The molecule has 1 atom stereocenters. The number of carboxylic acids is 1. The molecule has 1 aromatic heterocycles. The number of carbonyl (C=O) groups is 2. The Labute approximate surface area is 104 Å². The Bertz CT molecular complexity index is 473. The van der Waals surface area contributed by atoms with Crippen molar-refractivity contribution in [2.24, 2.45) is 0 Å². The van der Waals surface area contributed by atoms with E-state index in [1.165, 1.54) is 12.1 Å². The van der Waals surface area contributed by atoms with E-state index in [0.717, 1.165) is 0 Å². The number of carboxylic acid groups (broad SMARTS) is 1. The zero-order chi connectivity index (χ0) is 13.5. The fourth-order valence-electron chi connectivity index (χ4n) is 1.26. The fourth-order valence-corrected chi connectivity index (χ4v) is 1.26. The summed E-state index contributed by atoms with van der Waals surface area (Å²) in [6.45, 7) is 1.90. The summed E-state index contributed by atoms with van der Waals surface area (Å²) in [6, 6.07) is 2.32. The van der Waals surface area contributed by atoms with Crippen molar-refractivity contribution in [3.63, 3.8) is 0 Å². The van der Waals surface area contributed by atoms with Gasteiger partial charge in [0.1, 0.15) is 5.76 Å². The molecule has 0 radical (unpaired) electrons. The summed E-state index contributed by atoms with van der Waals surface area (Å²) in [5.41, 5.74) is 0. The van der Waals surface area contributed by atoms with Gasteiger partial charge in [-0.1, -0.05) is 0 Å². The molecular formula is C12H14N2O4. The standard InChI is InChI=1S/C12H14N2O4/c1-3-4-8(2)14-12(17)13-7-9-5-6-10(18-9)11(15)16/h1,5-6,8H,4,7H2,2H3,(H,15,16)(H2,13,14,17). The van der Waals surface area contributed by atoms with Crippen LogP contribution in [-0.4, -0.2) is 23.1 Å². The minimum Gasteiger partial charge on any atom is -0.475 e. The van der Waals surface area contributed by atoms with Gasteiger partial charge in [0.25, 0.3) is 0 Å². The monoisotopic (exact) mass is 250 g/mol. The Balaban J connectivity index is 2.38. The zero-order valence-corrected chi connectivity index (χ0v) is 9.90. The van der Waals surface area contributed by atoms with Crippen LogP contribution in [0.5, 0.6) is 0 Å². The smallest absolute Gasteiger partial charge is 0.371 e. The van der Waals surface area contributed by atoms with Crippen LogP contribution in [0.15, 0.2) is 16.5 Å². The second-order valence-corrected chi connectivity index (χ2v) is 3.71. The zero-order valence-electron chi connectivity index (χ0n) is 9.90. The molecule has 1 heterocycles. The van der Waals surface area contributed by atoms with Crippen molar-refractivity contribution in [3.05, 3.63) is 23.7 Å². The molecule has 0 aliphatic carbocycles. The minimum absolute atomic E-state index is 0.113. The highest BCUT2D eigenvalue weighted by Crippen LogP contribution is 2.07. The molecule has 0 bridgehead atoms. The third kappa shape index (κ3) is 4.22. The maximum Gasteiger partial charge on any atom is 0.371 e. The first-order valence-corrected chi connectivity index (χ1v) is 5.32. The molecule has 1 unspecified atom stereocenters. The van der Waals surface area contributed by atoms with Gasteiger partial charge in [-0.05, 0) is 19.1 Å². The van der Waals surface area contributed by atoms with Crippen LogP contribution < -0.4 is 10.6 Å². The number of furan rings is 1. The summed E-state index contributed by atoms with van der Waals surface area (Å²) in [5, 5.41) is 13.8. The number of amides is 2. The molecule has 18 heavy (non-hydrogen) atoms. The Kier molecular flexibility index (Phi) is 4.81. The van der Waals surface area contributed by atoms with Crippen molar-refractivity contribution in [1.29, 1.82) is 0 Å². The molecule has 0 fully saturated rings. The van der Waals surface area contributed by atoms with Gasteiger partial charge in [-0.25, -0.2) is 9.59 Å². The molecule has 6 heteroatoms. The Morgan fingerprint density at radius 2 is 2.28 bits per heavy atom. The van der Waals surface area contributed by atoms with E-state index in [0.29, 0.717) is 12.2 Å². The van der Waals surface area contributed by atoms with Crippen molar-refractivity contribution in [2.75, 3.05) is 0 Å². The predicted octanol–water partition coefficient (Wildman–Crippen LogP) is 1.19. The maximum atomic E-state index is 11.4. The number of terminal acetylenes is 1. The quantitative estimate of drug-likeness (QED) is 0.684. The Morgan fingerprint density at radius 1 is 1.56 bits per heavy atom. The van der Waals surface area contributed by atoms with Gasteiger partial charge in [0.05, 0.1) is 6.54 Å². The van der Waals surface area contributed by atoms with Crippen molar-refractivity contribution < 1.29 is 19.1 Å². The van der Waals surface area contributed by atoms with Crippen LogP contribution in [-0.2, 0) is 6.54 Å². The number of rotatable bonds is 5. The lowest BCUT2D eigenvalue weighted by molar-refractivity contribution is 0.0660. The first-order chi connectivity index (χ1) is 8.52. The first-order valence-electron chi connectivity index (χ1n) is 5.32.